The minimum atomic E-state index is -4.25. The molecular formula is C15H14F3N. The first-order valence-electron chi connectivity index (χ1n) is 5.93. The Kier molecular flexibility index (Phi) is 3.90. The van der Waals surface area contributed by atoms with Gasteiger partial charge in [0.15, 0.2) is 0 Å². The zero-order valence-electron chi connectivity index (χ0n) is 10.2. The van der Waals surface area contributed by atoms with E-state index in [0.29, 0.717) is 5.56 Å². The number of alkyl halides is 3. The molecule has 1 nitrogen and oxygen atoms in total. The molecule has 0 heterocycles. The summed E-state index contributed by atoms with van der Waals surface area (Å²) in [5.74, 6) is 0. The van der Waals surface area contributed by atoms with E-state index in [0.717, 1.165) is 11.1 Å². The number of hydrogen-bond donors (Lipinski definition) is 1. The van der Waals surface area contributed by atoms with Crippen LogP contribution in [0.15, 0.2) is 54.6 Å². The van der Waals surface area contributed by atoms with Gasteiger partial charge in [0.25, 0.3) is 0 Å². The maximum absolute atomic E-state index is 12.3. The average Bonchev–Trinajstić information content (AvgIpc) is 2.38. The molecule has 0 spiro atoms. The summed E-state index contributed by atoms with van der Waals surface area (Å²) in [6, 6.07) is 15.4. The lowest BCUT2D eigenvalue weighted by Gasteiger charge is -2.15. The molecule has 0 fully saturated rings. The maximum Gasteiger partial charge on any atom is 0.390 e. The molecule has 0 saturated carbocycles. The normalized spacial score (nSPS) is 13.3. The minimum absolute atomic E-state index is 0.499. The van der Waals surface area contributed by atoms with Gasteiger partial charge in [0.05, 0.1) is 6.42 Å². The van der Waals surface area contributed by atoms with Crippen molar-refractivity contribution in [2.75, 3.05) is 0 Å². The molecule has 0 aliphatic heterocycles. The Bertz CT molecular complexity index is 535. The summed E-state index contributed by atoms with van der Waals surface area (Å²) in [5, 5.41) is 0. The molecule has 1 atom stereocenters. The predicted molar refractivity (Wildman–Crippen MR) is 69.5 cm³/mol. The number of benzene rings is 2. The van der Waals surface area contributed by atoms with Crippen LogP contribution >= 0.6 is 0 Å². The van der Waals surface area contributed by atoms with E-state index >= 15 is 0 Å². The van der Waals surface area contributed by atoms with E-state index in [1.165, 1.54) is 0 Å². The van der Waals surface area contributed by atoms with Crippen LogP contribution in [0, 0.1) is 0 Å². The molecule has 0 aliphatic rings. The smallest absolute Gasteiger partial charge is 0.324 e. The summed E-state index contributed by atoms with van der Waals surface area (Å²) in [4.78, 5) is 0. The van der Waals surface area contributed by atoms with Crippen LogP contribution in [-0.4, -0.2) is 6.18 Å². The van der Waals surface area contributed by atoms with Crippen molar-refractivity contribution in [3.63, 3.8) is 0 Å². The molecule has 19 heavy (non-hydrogen) atoms. The van der Waals surface area contributed by atoms with Gasteiger partial charge in [0, 0.05) is 6.04 Å². The van der Waals surface area contributed by atoms with E-state index in [9.17, 15) is 13.2 Å². The van der Waals surface area contributed by atoms with Gasteiger partial charge < -0.3 is 5.73 Å². The first-order valence-corrected chi connectivity index (χ1v) is 5.93. The fourth-order valence-electron chi connectivity index (χ4n) is 1.95. The lowest BCUT2D eigenvalue weighted by atomic mass is 9.98. The maximum atomic E-state index is 12.3. The standard InChI is InChI=1S/C15H14F3N/c16-15(17,18)10-14(19)13-8-4-7-12(9-13)11-5-2-1-3-6-11/h1-9,14H,10,19H2/t14-/m0/s1. The third-order valence-electron chi connectivity index (χ3n) is 2.87. The number of rotatable bonds is 3. The summed E-state index contributed by atoms with van der Waals surface area (Å²) < 4.78 is 37.0. The van der Waals surface area contributed by atoms with E-state index in [4.69, 9.17) is 5.73 Å². The Morgan fingerprint density at radius 2 is 1.53 bits per heavy atom. The van der Waals surface area contributed by atoms with Crippen LogP contribution in [0.5, 0.6) is 0 Å². The van der Waals surface area contributed by atoms with Gasteiger partial charge in [-0.1, -0.05) is 48.5 Å². The fraction of sp³-hybridized carbons (Fsp3) is 0.200. The fourth-order valence-corrected chi connectivity index (χ4v) is 1.95. The molecule has 0 radical (unpaired) electrons. The first-order chi connectivity index (χ1) is 8.96. The van der Waals surface area contributed by atoms with Gasteiger partial charge in [-0.3, -0.25) is 0 Å². The van der Waals surface area contributed by atoms with E-state index in [1.807, 2.05) is 36.4 Å². The molecule has 0 amide bonds. The van der Waals surface area contributed by atoms with Crippen molar-refractivity contribution >= 4 is 0 Å². The van der Waals surface area contributed by atoms with Gasteiger partial charge in [-0.25, -0.2) is 0 Å². The Morgan fingerprint density at radius 1 is 0.895 bits per heavy atom. The van der Waals surface area contributed by atoms with Gasteiger partial charge in [0.1, 0.15) is 0 Å². The molecule has 100 valence electrons. The summed E-state index contributed by atoms with van der Waals surface area (Å²) in [6.07, 6.45) is -5.26. The zero-order valence-corrected chi connectivity index (χ0v) is 10.2. The monoisotopic (exact) mass is 265 g/mol. The Hall–Kier alpha value is -1.81. The number of hydrogen-bond acceptors (Lipinski definition) is 1. The summed E-state index contributed by atoms with van der Waals surface area (Å²) in [7, 11) is 0. The van der Waals surface area contributed by atoms with Gasteiger partial charge in [-0.15, -0.1) is 0 Å². The molecule has 0 aromatic heterocycles. The third kappa shape index (κ3) is 3.83. The second-order valence-corrected chi connectivity index (χ2v) is 4.42. The van der Waals surface area contributed by atoms with Crippen molar-refractivity contribution < 1.29 is 13.2 Å². The molecule has 0 saturated heterocycles. The number of halogens is 3. The van der Waals surface area contributed by atoms with Crippen molar-refractivity contribution in [2.24, 2.45) is 5.73 Å². The minimum Gasteiger partial charge on any atom is -0.324 e. The second-order valence-electron chi connectivity index (χ2n) is 4.42. The lowest BCUT2D eigenvalue weighted by Crippen LogP contribution is -2.20. The molecular weight excluding hydrogens is 251 g/mol. The molecule has 0 aliphatic carbocycles. The lowest BCUT2D eigenvalue weighted by molar-refractivity contribution is -0.138. The van der Waals surface area contributed by atoms with Crippen LogP contribution in [-0.2, 0) is 0 Å². The number of nitrogens with two attached hydrogens (primary N) is 1. The highest BCUT2D eigenvalue weighted by atomic mass is 19.4. The third-order valence-corrected chi connectivity index (χ3v) is 2.87. The van der Waals surface area contributed by atoms with Crippen LogP contribution in [0.25, 0.3) is 11.1 Å². The van der Waals surface area contributed by atoms with Crippen LogP contribution in [0.2, 0.25) is 0 Å². The Balaban J connectivity index is 2.25. The van der Waals surface area contributed by atoms with Gasteiger partial charge in [0.2, 0.25) is 0 Å². The molecule has 2 N–H and O–H groups in total. The highest BCUT2D eigenvalue weighted by Gasteiger charge is 2.30. The van der Waals surface area contributed by atoms with Crippen molar-refractivity contribution in [1.29, 1.82) is 0 Å². The zero-order chi connectivity index (χ0) is 13.9. The van der Waals surface area contributed by atoms with Crippen molar-refractivity contribution in [3.8, 4) is 11.1 Å². The molecule has 4 heteroatoms. The van der Waals surface area contributed by atoms with E-state index in [1.54, 1.807) is 18.2 Å². The van der Waals surface area contributed by atoms with Gasteiger partial charge in [-0.05, 0) is 22.8 Å². The molecule has 2 aromatic carbocycles. The van der Waals surface area contributed by atoms with Gasteiger partial charge in [-0.2, -0.15) is 13.2 Å². The molecule has 2 rings (SSSR count). The van der Waals surface area contributed by atoms with E-state index in [-0.39, 0.29) is 0 Å². The Labute approximate surface area is 109 Å². The predicted octanol–water partition coefficient (Wildman–Crippen LogP) is 4.31. The summed E-state index contributed by atoms with van der Waals surface area (Å²) in [5.41, 5.74) is 7.94. The molecule has 0 bridgehead atoms. The molecule has 2 aromatic rings. The average molecular weight is 265 g/mol. The summed E-state index contributed by atoms with van der Waals surface area (Å²) >= 11 is 0. The quantitative estimate of drug-likeness (QED) is 0.879. The van der Waals surface area contributed by atoms with Crippen molar-refractivity contribution in [1.82, 2.24) is 0 Å². The highest BCUT2D eigenvalue weighted by Crippen LogP contribution is 2.29. The summed E-state index contributed by atoms with van der Waals surface area (Å²) in [6.45, 7) is 0. The van der Waals surface area contributed by atoms with Crippen LogP contribution in [0.4, 0.5) is 13.2 Å². The Morgan fingerprint density at radius 3 is 2.16 bits per heavy atom. The van der Waals surface area contributed by atoms with E-state index < -0.39 is 18.6 Å². The topological polar surface area (TPSA) is 26.0 Å². The SMILES string of the molecule is N[C@@H](CC(F)(F)F)c1cccc(-c2ccccc2)c1. The van der Waals surface area contributed by atoms with Gasteiger partial charge >= 0.3 is 6.18 Å². The largest absolute Gasteiger partial charge is 0.390 e. The first kappa shape index (κ1) is 13.6. The second kappa shape index (κ2) is 5.45. The highest BCUT2D eigenvalue weighted by molar-refractivity contribution is 5.64. The van der Waals surface area contributed by atoms with Crippen LogP contribution < -0.4 is 5.73 Å². The van der Waals surface area contributed by atoms with Crippen LogP contribution in [0.3, 0.4) is 0 Å². The molecule has 0 unspecified atom stereocenters. The van der Waals surface area contributed by atoms with E-state index in [2.05, 4.69) is 0 Å². The van der Waals surface area contributed by atoms with Crippen LogP contribution in [0.1, 0.15) is 18.0 Å². The van der Waals surface area contributed by atoms with Crippen molar-refractivity contribution in [2.45, 2.75) is 18.6 Å². The van der Waals surface area contributed by atoms with Crippen molar-refractivity contribution in [3.05, 3.63) is 60.2 Å².